The SMILES string of the molecule is C.C.C=C(C)C(=O)OCCC[Si](O[Si](C)(C)O[Si](C)(C)C)(O[Si](C)(C)O[Si](C)(C)C)O[Si](C)(C)O[Si](C)(C)C. The molecule has 0 atom stereocenters. The molecule has 0 aromatic carbocycles. The van der Waals surface area contributed by atoms with Crippen LogP contribution in [0.2, 0.25) is 104 Å². The van der Waals surface area contributed by atoms with Crippen molar-refractivity contribution in [1.29, 1.82) is 0 Å². The molecule has 0 saturated carbocycles. The van der Waals surface area contributed by atoms with Crippen LogP contribution in [0.15, 0.2) is 12.2 Å². The van der Waals surface area contributed by atoms with Crippen LogP contribution in [0.3, 0.4) is 0 Å². The van der Waals surface area contributed by atoms with E-state index in [2.05, 4.69) is 105 Å². The van der Waals surface area contributed by atoms with E-state index >= 15 is 0 Å². The van der Waals surface area contributed by atoms with E-state index in [9.17, 15) is 4.79 Å². The molecule has 0 radical (unpaired) electrons. The van der Waals surface area contributed by atoms with Crippen LogP contribution >= 0.6 is 0 Å². The maximum Gasteiger partial charge on any atom is 0.474 e. The summed E-state index contributed by atoms with van der Waals surface area (Å²) >= 11 is 0. The van der Waals surface area contributed by atoms with Gasteiger partial charge in [0.25, 0.3) is 0 Å². The van der Waals surface area contributed by atoms with Gasteiger partial charge in [-0.1, -0.05) is 21.4 Å². The molecule has 0 aliphatic rings. The van der Waals surface area contributed by atoms with E-state index in [0.29, 0.717) is 18.0 Å². The van der Waals surface area contributed by atoms with Crippen molar-refractivity contribution in [3.63, 3.8) is 0 Å². The van der Waals surface area contributed by atoms with Gasteiger partial charge in [-0.15, -0.1) is 0 Å². The predicted octanol–water partition coefficient (Wildman–Crippen LogP) is 8.42. The summed E-state index contributed by atoms with van der Waals surface area (Å²) in [5.74, 6) is -0.402. The number of hydrogen-bond donors (Lipinski definition) is 0. The van der Waals surface area contributed by atoms with Crippen LogP contribution in [0.4, 0.5) is 0 Å². The van der Waals surface area contributed by atoms with Gasteiger partial charge in [0.05, 0.1) is 6.61 Å². The lowest BCUT2D eigenvalue weighted by atomic mass is 10.4. The van der Waals surface area contributed by atoms with Gasteiger partial charge in [-0.3, -0.25) is 0 Å². The molecule has 0 aliphatic heterocycles. The summed E-state index contributed by atoms with van der Waals surface area (Å²) in [5, 5.41) is 0. The van der Waals surface area contributed by atoms with E-state index in [1.54, 1.807) is 6.92 Å². The Balaban J connectivity index is -0.00000648. The zero-order chi connectivity index (χ0) is 29.7. The molecule has 0 heterocycles. The first-order valence-electron chi connectivity index (χ1n) is 13.1. The minimum Gasteiger partial charge on any atom is -0.462 e. The van der Waals surface area contributed by atoms with E-state index in [0.717, 1.165) is 0 Å². The fourth-order valence-electron chi connectivity index (χ4n) is 4.19. The molecule has 0 unspecified atom stereocenters. The quantitative estimate of drug-likeness (QED) is 0.0657. The molecule has 8 nitrogen and oxygen atoms in total. The molecule has 0 fully saturated rings. The van der Waals surface area contributed by atoms with Crippen molar-refractivity contribution in [2.75, 3.05) is 6.61 Å². The summed E-state index contributed by atoms with van der Waals surface area (Å²) in [4.78, 5) is 12.0. The highest BCUT2D eigenvalue weighted by molar-refractivity contribution is 6.92. The van der Waals surface area contributed by atoms with E-state index in [4.69, 9.17) is 29.4 Å². The number of carbonyl (C=O) groups excluding carboxylic acids is 1. The van der Waals surface area contributed by atoms with Gasteiger partial charge in [0.1, 0.15) is 0 Å². The van der Waals surface area contributed by atoms with E-state index in [1.165, 1.54) is 0 Å². The summed E-state index contributed by atoms with van der Waals surface area (Å²) in [7, 11) is -17.2. The molecular formula is C24H64O8Si7. The molecule has 0 spiro atoms. The number of rotatable bonds is 17. The Hall–Kier alpha value is 0.488. The minimum atomic E-state index is -3.44. The van der Waals surface area contributed by atoms with Crippen LogP contribution in [0.1, 0.15) is 28.2 Å². The first kappa shape index (κ1) is 43.9. The number of esters is 1. The van der Waals surface area contributed by atoms with Crippen LogP contribution in [0, 0.1) is 0 Å². The number of ether oxygens (including phenoxy) is 1. The summed E-state index contributed by atoms with van der Waals surface area (Å²) in [6.07, 6.45) is 0.525. The van der Waals surface area contributed by atoms with Crippen molar-refractivity contribution in [3.8, 4) is 0 Å². The highest BCUT2D eigenvalue weighted by Gasteiger charge is 2.55. The van der Waals surface area contributed by atoms with Crippen LogP contribution in [-0.2, 0) is 34.2 Å². The van der Waals surface area contributed by atoms with Gasteiger partial charge in [-0.2, -0.15) is 0 Å². The van der Waals surface area contributed by atoms with Gasteiger partial charge in [-0.05, 0) is 112 Å². The Bertz CT molecular complexity index is 696. The summed E-state index contributed by atoms with van der Waals surface area (Å²) in [6, 6.07) is 0.471. The topological polar surface area (TPSA) is 81.7 Å². The lowest BCUT2D eigenvalue weighted by Crippen LogP contribution is -2.66. The van der Waals surface area contributed by atoms with Gasteiger partial charge in [0, 0.05) is 11.6 Å². The van der Waals surface area contributed by atoms with Gasteiger partial charge in [0.2, 0.25) is 0 Å². The predicted molar refractivity (Wildman–Crippen MR) is 183 cm³/mol. The molecule has 236 valence electrons. The summed E-state index contributed by atoms with van der Waals surface area (Å²) in [6.45, 7) is 37.3. The van der Waals surface area contributed by atoms with Gasteiger partial charge >= 0.3 is 40.5 Å². The molecule has 39 heavy (non-hydrogen) atoms. The average Bonchev–Trinajstić information content (AvgIpc) is 2.49. The van der Waals surface area contributed by atoms with Crippen LogP contribution in [0.5, 0.6) is 0 Å². The van der Waals surface area contributed by atoms with Gasteiger partial charge in [-0.25, -0.2) is 4.79 Å². The van der Waals surface area contributed by atoms with Crippen molar-refractivity contribution in [1.82, 2.24) is 0 Å². The largest absolute Gasteiger partial charge is 0.474 e. The first-order chi connectivity index (χ1) is 16.1. The third-order valence-corrected chi connectivity index (χ3v) is 27.9. The summed E-state index contributed by atoms with van der Waals surface area (Å²) in [5.41, 5.74) is 0.374. The fraction of sp³-hybridized carbons (Fsp3) is 0.875. The Labute approximate surface area is 250 Å². The number of carbonyl (C=O) groups is 1. The van der Waals surface area contributed by atoms with Crippen LogP contribution < -0.4 is 0 Å². The molecule has 0 N–H and O–H groups in total. The Morgan fingerprint density at radius 1 is 0.564 bits per heavy atom. The first-order valence-corrected chi connectivity index (χ1v) is 33.7. The van der Waals surface area contributed by atoms with Gasteiger partial charge < -0.3 is 29.4 Å². The molecule has 0 aliphatic carbocycles. The molecule has 15 heteroatoms. The van der Waals surface area contributed by atoms with Crippen molar-refractivity contribution in [2.24, 2.45) is 0 Å². The number of hydrogen-bond acceptors (Lipinski definition) is 8. The molecular weight excluding hydrogens is 613 g/mol. The van der Waals surface area contributed by atoms with E-state index in [1.807, 2.05) is 0 Å². The maximum absolute atomic E-state index is 12.0. The van der Waals surface area contributed by atoms with Crippen molar-refractivity contribution in [2.45, 2.75) is 132 Å². The fourth-order valence-corrected chi connectivity index (χ4v) is 35.9. The third kappa shape index (κ3) is 21.8. The van der Waals surface area contributed by atoms with Crippen molar-refractivity contribution < 1.29 is 34.2 Å². The van der Waals surface area contributed by atoms with Crippen LogP contribution in [-0.4, -0.2) is 72.0 Å². The van der Waals surface area contributed by atoms with Crippen molar-refractivity contribution >= 4 is 65.4 Å². The molecule has 0 aromatic rings. The van der Waals surface area contributed by atoms with E-state index in [-0.39, 0.29) is 21.5 Å². The maximum atomic E-state index is 12.0. The Kier molecular flexibility index (Phi) is 17.8. The lowest BCUT2D eigenvalue weighted by Gasteiger charge is -2.46. The standard InChI is InChI=1S/C22H56O8Si7.2CH4/c1-21(2)22(23)24-19-18-20-37(28-34(12,13)25-31(3,4)5,29-35(14,15)26-32(6,7)8)30-36(16,17)27-33(9,10)11;;/h1,18-20H2,2-17H3;2*1H4. The molecule has 0 aromatic heterocycles. The van der Waals surface area contributed by atoms with Gasteiger partial charge in [0.15, 0.2) is 25.0 Å². The van der Waals surface area contributed by atoms with E-state index < -0.39 is 65.4 Å². The Morgan fingerprint density at radius 3 is 1.08 bits per heavy atom. The third-order valence-electron chi connectivity index (χ3n) is 4.07. The van der Waals surface area contributed by atoms with Crippen molar-refractivity contribution in [3.05, 3.63) is 12.2 Å². The normalized spacial score (nSPS) is 13.8. The second-order valence-corrected chi connectivity index (χ2v) is 41.7. The average molecular weight is 677 g/mol. The Morgan fingerprint density at radius 2 is 0.846 bits per heavy atom. The molecule has 0 rings (SSSR count). The highest BCUT2D eigenvalue weighted by atomic mass is 28.5. The minimum absolute atomic E-state index is 0. The monoisotopic (exact) mass is 676 g/mol. The summed E-state index contributed by atoms with van der Waals surface area (Å²) < 4.78 is 46.1. The highest BCUT2D eigenvalue weighted by Crippen LogP contribution is 2.33. The molecule has 0 bridgehead atoms. The van der Waals surface area contributed by atoms with Crippen LogP contribution in [0.25, 0.3) is 0 Å². The second kappa shape index (κ2) is 15.8. The second-order valence-electron chi connectivity index (χ2n) is 13.9. The zero-order valence-corrected chi connectivity index (χ0v) is 33.6. The lowest BCUT2D eigenvalue weighted by molar-refractivity contribution is -0.139. The smallest absolute Gasteiger partial charge is 0.462 e. The molecule has 0 amide bonds. The molecule has 0 saturated heterocycles. The zero-order valence-electron chi connectivity index (χ0n) is 26.6.